The summed E-state index contributed by atoms with van der Waals surface area (Å²) in [6, 6.07) is 2.85. The minimum atomic E-state index is -3.81. The van der Waals surface area contributed by atoms with E-state index in [9.17, 15) is 13.2 Å². The Morgan fingerprint density at radius 1 is 1.44 bits per heavy atom. The van der Waals surface area contributed by atoms with Gasteiger partial charge in [-0.2, -0.15) is 0 Å². The zero-order valence-corrected chi connectivity index (χ0v) is 11.1. The normalized spacial score (nSPS) is 11.8. The highest BCUT2D eigenvalue weighted by Gasteiger charge is 2.13. The van der Waals surface area contributed by atoms with Crippen LogP contribution in [0.3, 0.4) is 0 Å². The Hall–Kier alpha value is -1.38. The SMILES string of the molecule is CC(C)NC(=O)CNCc1ccc(S(N)(=O)=O)o1. The van der Waals surface area contributed by atoms with Crippen LogP contribution in [0.2, 0.25) is 0 Å². The number of hydrogen-bond acceptors (Lipinski definition) is 5. The number of carbonyl (C=O) groups is 1. The Morgan fingerprint density at radius 3 is 2.61 bits per heavy atom. The van der Waals surface area contributed by atoms with E-state index in [0.29, 0.717) is 5.76 Å². The standard InChI is InChI=1S/C10H17N3O4S/c1-7(2)13-9(14)6-12-5-8-3-4-10(17-8)18(11,15)16/h3-4,7,12H,5-6H2,1-2H3,(H,13,14)(H2,11,15,16). The molecule has 0 aliphatic carbocycles. The predicted octanol–water partition coefficient (Wildman–Crippen LogP) is -0.459. The topological polar surface area (TPSA) is 114 Å². The molecule has 0 unspecified atom stereocenters. The van der Waals surface area contributed by atoms with E-state index in [1.165, 1.54) is 12.1 Å². The number of primary sulfonamides is 1. The molecule has 0 spiro atoms. The second-order valence-corrected chi connectivity index (χ2v) is 5.58. The van der Waals surface area contributed by atoms with Crippen molar-refractivity contribution in [1.82, 2.24) is 10.6 Å². The second kappa shape index (κ2) is 5.98. The first-order chi connectivity index (χ1) is 8.29. The summed E-state index contributed by atoms with van der Waals surface area (Å²) in [5.74, 6) is 0.264. The van der Waals surface area contributed by atoms with Crippen molar-refractivity contribution in [3.8, 4) is 0 Å². The van der Waals surface area contributed by atoms with Crippen molar-refractivity contribution >= 4 is 15.9 Å². The van der Waals surface area contributed by atoms with Gasteiger partial charge < -0.3 is 15.1 Å². The minimum absolute atomic E-state index is 0.0805. The van der Waals surface area contributed by atoms with Crippen molar-refractivity contribution in [1.29, 1.82) is 0 Å². The molecule has 0 aromatic carbocycles. The van der Waals surface area contributed by atoms with Gasteiger partial charge >= 0.3 is 0 Å². The first kappa shape index (κ1) is 14.7. The summed E-state index contributed by atoms with van der Waals surface area (Å²) in [4.78, 5) is 11.3. The number of carbonyl (C=O) groups excluding carboxylic acids is 1. The second-order valence-electron chi connectivity index (χ2n) is 4.09. The first-order valence-corrected chi connectivity index (χ1v) is 6.95. The van der Waals surface area contributed by atoms with Gasteiger partial charge in [-0.15, -0.1) is 0 Å². The van der Waals surface area contributed by atoms with Crippen LogP contribution in [0, 0.1) is 0 Å². The summed E-state index contributed by atoms with van der Waals surface area (Å²) in [7, 11) is -3.81. The third-order valence-corrected chi connectivity index (χ3v) is 2.73. The van der Waals surface area contributed by atoms with Crippen molar-refractivity contribution < 1.29 is 17.6 Å². The highest BCUT2D eigenvalue weighted by atomic mass is 32.2. The van der Waals surface area contributed by atoms with E-state index in [0.717, 1.165) is 0 Å². The lowest BCUT2D eigenvalue weighted by atomic mass is 10.4. The van der Waals surface area contributed by atoms with Gasteiger partial charge in [-0.3, -0.25) is 4.79 Å². The lowest BCUT2D eigenvalue weighted by molar-refractivity contribution is -0.120. The number of hydrogen-bond donors (Lipinski definition) is 3. The maximum atomic E-state index is 11.3. The maximum absolute atomic E-state index is 11.3. The van der Waals surface area contributed by atoms with Crippen LogP contribution < -0.4 is 15.8 Å². The van der Waals surface area contributed by atoms with Gasteiger partial charge in [0.2, 0.25) is 11.0 Å². The number of nitrogens with two attached hydrogens (primary N) is 1. The molecule has 4 N–H and O–H groups in total. The van der Waals surface area contributed by atoms with Crippen molar-refractivity contribution in [2.45, 2.75) is 31.5 Å². The third kappa shape index (κ3) is 4.86. The fourth-order valence-electron chi connectivity index (χ4n) is 1.28. The molecular formula is C10H17N3O4S. The maximum Gasteiger partial charge on any atom is 0.271 e. The van der Waals surface area contributed by atoms with E-state index >= 15 is 0 Å². The number of nitrogens with one attached hydrogen (secondary N) is 2. The van der Waals surface area contributed by atoms with Crippen LogP contribution in [0.5, 0.6) is 0 Å². The van der Waals surface area contributed by atoms with Gasteiger partial charge in [0.1, 0.15) is 5.76 Å². The van der Waals surface area contributed by atoms with Crippen molar-refractivity contribution in [3.05, 3.63) is 17.9 Å². The highest BCUT2D eigenvalue weighted by Crippen LogP contribution is 2.11. The summed E-state index contributed by atoms with van der Waals surface area (Å²) >= 11 is 0. The number of furan rings is 1. The average Bonchev–Trinajstić information content (AvgIpc) is 2.64. The Morgan fingerprint density at radius 2 is 2.11 bits per heavy atom. The molecule has 1 rings (SSSR count). The molecule has 0 aliphatic heterocycles. The van der Waals surface area contributed by atoms with Gasteiger partial charge in [-0.25, -0.2) is 13.6 Å². The van der Waals surface area contributed by atoms with Crippen molar-refractivity contribution in [2.24, 2.45) is 5.14 Å². The molecule has 0 fully saturated rings. The van der Waals surface area contributed by atoms with Crippen LogP contribution in [0.25, 0.3) is 0 Å². The molecule has 8 heteroatoms. The number of rotatable bonds is 6. The lowest BCUT2D eigenvalue weighted by Gasteiger charge is -2.08. The molecular weight excluding hydrogens is 258 g/mol. The molecule has 0 radical (unpaired) electrons. The Balaban J connectivity index is 2.41. The van der Waals surface area contributed by atoms with Crippen molar-refractivity contribution in [2.75, 3.05) is 6.54 Å². The Kier molecular flexibility index (Phi) is 4.88. The van der Waals surface area contributed by atoms with Gasteiger partial charge in [0.05, 0.1) is 13.1 Å². The molecule has 1 aromatic rings. The molecule has 102 valence electrons. The van der Waals surface area contributed by atoms with Crippen LogP contribution in [-0.4, -0.2) is 26.9 Å². The summed E-state index contributed by atoms with van der Waals surface area (Å²) in [5.41, 5.74) is 0. The van der Waals surface area contributed by atoms with Crippen LogP contribution in [0.4, 0.5) is 0 Å². The predicted molar refractivity (Wildman–Crippen MR) is 65.1 cm³/mol. The van der Waals surface area contributed by atoms with E-state index in [2.05, 4.69) is 10.6 Å². The molecule has 1 aromatic heterocycles. The molecule has 1 heterocycles. The number of amides is 1. The van der Waals surface area contributed by atoms with Gasteiger partial charge in [-0.05, 0) is 26.0 Å². The zero-order chi connectivity index (χ0) is 13.8. The fourth-order valence-corrected chi connectivity index (χ4v) is 1.76. The fraction of sp³-hybridized carbons (Fsp3) is 0.500. The van der Waals surface area contributed by atoms with Gasteiger partial charge in [0.25, 0.3) is 10.0 Å². The summed E-state index contributed by atoms with van der Waals surface area (Å²) in [6.45, 7) is 4.11. The molecule has 0 saturated heterocycles. The molecule has 0 aliphatic rings. The Bertz CT molecular complexity index is 507. The minimum Gasteiger partial charge on any atom is -0.447 e. The van der Waals surface area contributed by atoms with E-state index in [-0.39, 0.29) is 30.1 Å². The monoisotopic (exact) mass is 275 g/mol. The third-order valence-electron chi connectivity index (χ3n) is 1.95. The van der Waals surface area contributed by atoms with E-state index < -0.39 is 10.0 Å². The van der Waals surface area contributed by atoms with Crippen LogP contribution in [0.15, 0.2) is 21.6 Å². The smallest absolute Gasteiger partial charge is 0.271 e. The molecule has 18 heavy (non-hydrogen) atoms. The van der Waals surface area contributed by atoms with Gasteiger partial charge in [-0.1, -0.05) is 0 Å². The van der Waals surface area contributed by atoms with E-state index in [4.69, 9.17) is 9.56 Å². The zero-order valence-electron chi connectivity index (χ0n) is 10.3. The van der Waals surface area contributed by atoms with E-state index in [1.807, 2.05) is 13.8 Å². The lowest BCUT2D eigenvalue weighted by Crippen LogP contribution is -2.37. The van der Waals surface area contributed by atoms with Gasteiger partial charge in [0, 0.05) is 6.04 Å². The Labute approximate surface area is 106 Å². The number of sulfonamides is 1. The first-order valence-electron chi connectivity index (χ1n) is 5.40. The van der Waals surface area contributed by atoms with Crippen LogP contribution in [-0.2, 0) is 21.4 Å². The largest absolute Gasteiger partial charge is 0.447 e. The average molecular weight is 275 g/mol. The molecule has 0 atom stereocenters. The van der Waals surface area contributed by atoms with Crippen molar-refractivity contribution in [3.63, 3.8) is 0 Å². The summed E-state index contributed by atoms with van der Waals surface area (Å²) in [6.07, 6.45) is 0. The van der Waals surface area contributed by atoms with Crippen LogP contribution in [0.1, 0.15) is 19.6 Å². The van der Waals surface area contributed by atoms with E-state index in [1.54, 1.807) is 0 Å². The summed E-state index contributed by atoms with van der Waals surface area (Å²) < 4.78 is 26.9. The molecule has 0 saturated carbocycles. The van der Waals surface area contributed by atoms with Gasteiger partial charge in [0.15, 0.2) is 0 Å². The molecule has 0 bridgehead atoms. The van der Waals surface area contributed by atoms with Crippen LogP contribution >= 0.6 is 0 Å². The summed E-state index contributed by atoms with van der Waals surface area (Å²) in [5, 5.41) is 10.2. The quantitative estimate of drug-likeness (QED) is 0.650. The highest BCUT2D eigenvalue weighted by molar-refractivity contribution is 7.89. The molecule has 7 nitrogen and oxygen atoms in total. The molecule has 1 amide bonds.